The number of rotatable bonds is 2. The highest BCUT2D eigenvalue weighted by Crippen LogP contribution is 2.30. The maximum atomic E-state index is 6.08. The summed E-state index contributed by atoms with van der Waals surface area (Å²) in [6, 6.07) is 12.7. The zero-order valence-corrected chi connectivity index (χ0v) is 13.1. The molecule has 2 aromatic carbocycles. The van der Waals surface area contributed by atoms with Gasteiger partial charge in [-0.05, 0) is 35.4 Å². The van der Waals surface area contributed by atoms with Crippen molar-refractivity contribution in [3.63, 3.8) is 0 Å². The lowest BCUT2D eigenvalue weighted by Gasteiger charge is -2.04. The molecule has 2 N–H and O–H groups in total. The number of halogens is 1. The molecule has 20 heavy (non-hydrogen) atoms. The molecule has 0 spiro atoms. The lowest BCUT2D eigenvalue weighted by Crippen LogP contribution is -1.98. The Balaban J connectivity index is 2.20. The number of benzene rings is 2. The summed E-state index contributed by atoms with van der Waals surface area (Å²) in [4.78, 5) is 0. The van der Waals surface area contributed by atoms with Gasteiger partial charge in [-0.2, -0.15) is 5.10 Å². The minimum atomic E-state index is 0.749. The van der Waals surface area contributed by atoms with E-state index in [1.165, 1.54) is 10.8 Å². The van der Waals surface area contributed by atoms with Gasteiger partial charge in [0.25, 0.3) is 0 Å². The number of aromatic nitrogens is 2. The number of anilines is 1. The lowest BCUT2D eigenvalue weighted by molar-refractivity contribution is 0.782. The molecule has 102 valence electrons. The first-order valence-corrected chi connectivity index (χ1v) is 7.40. The number of aryl methyl sites for hydroxylation is 1. The fourth-order valence-corrected chi connectivity index (χ4v) is 2.90. The lowest BCUT2D eigenvalue weighted by atomic mass is 10.0. The molecule has 0 aliphatic heterocycles. The Morgan fingerprint density at radius 1 is 1.15 bits per heavy atom. The van der Waals surface area contributed by atoms with Crippen LogP contribution in [0.25, 0.3) is 22.0 Å². The summed E-state index contributed by atoms with van der Waals surface area (Å²) in [5, 5.41) is 6.98. The van der Waals surface area contributed by atoms with Crippen LogP contribution in [-0.2, 0) is 13.5 Å². The van der Waals surface area contributed by atoms with E-state index in [2.05, 4.69) is 64.4 Å². The maximum Gasteiger partial charge on any atom is 0.125 e. The van der Waals surface area contributed by atoms with Gasteiger partial charge in [-0.15, -0.1) is 0 Å². The third-order valence-electron chi connectivity index (χ3n) is 3.62. The van der Waals surface area contributed by atoms with E-state index in [-0.39, 0.29) is 0 Å². The summed E-state index contributed by atoms with van der Waals surface area (Å²) in [5.41, 5.74) is 9.29. The smallest absolute Gasteiger partial charge is 0.125 e. The van der Waals surface area contributed by atoms with Crippen LogP contribution in [0.4, 0.5) is 5.82 Å². The Hall–Kier alpha value is -1.81. The quantitative estimate of drug-likeness (QED) is 0.767. The van der Waals surface area contributed by atoms with E-state index in [4.69, 9.17) is 5.73 Å². The first-order valence-electron chi connectivity index (χ1n) is 6.61. The van der Waals surface area contributed by atoms with Crippen molar-refractivity contribution < 1.29 is 0 Å². The molecule has 3 aromatic rings. The van der Waals surface area contributed by atoms with Crippen molar-refractivity contribution in [2.24, 2.45) is 7.05 Å². The number of hydrogen-bond donors (Lipinski definition) is 1. The van der Waals surface area contributed by atoms with Crippen LogP contribution in [0.5, 0.6) is 0 Å². The van der Waals surface area contributed by atoms with Gasteiger partial charge in [0.05, 0.1) is 5.69 Å². The van der Waals surface area contributed by atoms with Crippen molar-refractivity contribution in [2.45, 2.75) is 13.3 Å². The van der Waals surface area contributed by atoms with E-state index >= 15 is 0 Å². The Bertz CT molecular complexity index is 790. The molecule has 3 rings (SSSR count). The third-order valence-corrected chi connectivity index (χ3v) is 4.12. The van der Waals surface area contributed by atoms with Crippen molar-refractivity contribution in [2.75, 3.05) is 5.73 Å². The third kappa shape index (κ3) is 2.10. The van der Waals surface area contributed by atoms with Gasteiger partial charge in [0.15, 0.2) is 0 Å². The zero-order valence-electron chi connectivity index (χ0n) is 11.5. The van der Waals surface area contributed by atoms with Crippen LogP contribution in [0.1, 0.15) is 12.5 Å². The Morgan fingerprint density at radius 3 is 2.60 bits per heavy atom. The predicted molar refractivity (Wildman–Crippen MR) is 87.6 cm³/mol. The summed E-state index contributed by atoms with van der Waals surface area (Å²) >= 11 is 3.50. The SMILES string of the molecule is CCc1c(-c2ccc3cc(Br)ccc3c2)nn(C)c1N. The van der Waals surface area contributed by atoms with Crippen molar-refractivity contribution in [3.8, 4) is 11.3 Å². The molecule has 0 atom stereocenters. The van der Waals surface area contributed by atoms with Gasteiger partial charge in [0.2, 0.25) is 0 Å². The Kier molecular flexibility index (Phi) is 3.26. The monoisotopic (exact) mass is 329 g/mol. The summed E-state index contributed by atoms with van der Waals surface area (Å²) in [7, 11) is 1.89. The highest BCUT2D eigenvalue weighted by Gasteiger charge is 2.14. The standard InChI is InChI=1S/C16H16BrN3/c1-3-14-15(19-20(2)16(14)18)12-5-4-11-9-13(17)7-6-10(11)8-12/h4-9H,3,18H2,1-2H3. The zero-order chi connectivity index (χ0) is 14.3. The highest BCUT2D eigenvalue weighted by atomic mass is 79.9. The average Bonchev–Trinajstić information content (AvgIpc) is 2.73. The Morgan fingerprint density at radius 2 is 1.85 bits per heavy atom. The number of nitrogen functional groups attached to an aromatic ring is 1. The van der Waals surface area contributed by atoms with Gasteiger partial charge in [0, 0.05) is 22.6 Å². The molecule has 0 bridgehead atoms. The average molecular weight is 330 g/mol. The second kappa shape index (κ2) is 4.94. The van der Waals surface area contributed by atoms with Crippen LogP contribution in [-0.4, -0.2) is 9.78 Å². The molecule has 4 heteroatoms. The van der Waals surface area contributed by atoms with Gasteiger partial charge >= 0.3 is 0 Å². The van der Waals surface area contributed by atoms with E-state index < -0.39 is 0 Å². The first-order chi connectivity index (χ1) is 9.60. The van der Waals surface area contributed by atoms with E-state index in [0.717, 1.165) is 33.5 Å². The van der Waals surface area contributed by atoms with Crippen LogP contribution in [0.3, 0.4) is 0 Å². The van der Waals surface area contributed by atoms with Crippen molar-refractivity contribution in [1.29, 1.82) is 0 Å². The highest BCUT2D eigenvalue weighted by molar-refractivity contribution is 9.10. The molecular weight excluding hydrogens is 314 g/mol. The predicted octanol–water partition coefficient (Wildman–Crippen LogP) is 4.15. The minimum Gasteiger partial charge on any atom is -0.384 e. The Labute approximate surface area is 126 Å². The molecule has 1 aromatic heterocycles. The molecule has 0 radical (unpaired) electrons. The molecule has 3 nitrogen and oxygen atoms in total. The topological polar surface area (TPSA) is 43.8 Å². The van der Waals surface area contributed by atoms with E-state index in [1.54, 1.807) is 4.68 Å². The van der Waals surface area contributed by atoms with Gasteiger partial charge < -0.3 is 5.73 Å². The molecule has 0 fully saturated rings. The summed E-state index contributed by atoms with van der Waals surface area (Å²) < 4.78 is 2.84. The van der Waals surface area contributed by atoms with Crippen molar-refractivity contribution >= 4 is 32.5 Å². The van der Waals surface area contributed by atoms with Crippen LogP contribution in [0.2, 0.25) is 0 Å². The number of fused-ring (bicyclic) bond motifs is 1. The summed E-state index contributed by atoms with van der Waals surface area (Å²) in [6.07, 6.45) is 0.882. The fourth-order valence-electron chi connectivity index (χ4n) is 2.53. The summed E-state index contributed by atoms with van der Waals surface area (Å²) in [5.74, 6) is 0.749. The van der Waals surface area contributed by atoms with E-state index in [1.807, 2.05) is 7.05 Å². The number of hydrogen-bond acceptors (Lipinski definition) is 2. The van der Waals surface area contributed by atoms with Gasteiger partial charge in [-0.25, -0.2) is 0 Å². The maximum absolute atomic E-state index is 6.08. The van der Waals surface area contributed by atoms with Crippen LogP contribution in [0, 0.1) is 0 Å². The van der Waals surface area contributed by atoms with Crippen LogP contribution >= 0.6 is 15.9 Å². The molecule has 0 unspecified atom stereocenters. The first kappa shape index (κ1) is 13.2. The molecule has 0 saturated heterocycles. The van der Waals surface area contributed by atoms with E-state index in [9.17, 15) is 0 Å². The molecular formula is C16H16BrN3. The van der Waals surface area contributed by atoms with Crippen molar-refractivity contribution in [3.05, 3.63) is 46.4 Å². The second-order valence-corrected chi connectivity index (χ2v) is 5.81. The van der Waals surface area contributed by atoms with Gasteiger partial charge in [-0.1, -0.05) is 41.1 Å². The minimum absolute atomic E-state index is 0.749. The number of nitrogens with zero attached hydrogens (tertiary/aromatic N) is 2. The molecule has 1 heterocycles. The van der Waals surface area contributed by atoms with E-state index in [0.29, 0.717) is 0 Å². The molecule has 0 amide bonds. The van der Waals surface area contributed by atoms with Crippen LogP contribution < -0.4 is 5.73 Å². The number of nitrogens with two attached hydrogens (primary N) is 1. The molecule has 0 aliphatic rings. The van der Waals surface area contributed by atoms with Crippen molar-refractivity contribution in [1.82, 2.24) is 9.78 Å². The fraction of sp³-hybridized carbons (Fsp3) is 0.188. The molecule has 0 aliphatic carbocycles. The van der Waals surface area contributed by atoms with Gasteiger partial charge in [-0.3, -0.25) is 4.68 Å². The van der Waals surface area contributed by atoms with Gasteiger partial charge in [0.1, 0.15) is 5.82 Å². The largest absolute Gasteiger partial charge is 0.384 e. The molecule has 0 saturated carbocycles. The normalized spacial score (nSPS) is 11.2. The summed E-state index contributed by atoms with van der Waals surface area (Å²) in [6.45, 7) is 2.11. The van der Waals surface area contributed by atoms with Crippen LogP contribution in [0.15, 0.2) is 40.9 Å². The second-order valence-electron chi connectivity index (χ2n) is 4.90.